The summed E-state index contributed by atoms with van der Waals surface area (Å²) in [7, 11) is 0. The van der Waals surface area contributed by atoms with E-state index in [2.05, 4.69) is 118 Å². The van der Waals surface area contributed by atoms with Crippen LogP contribution in [0.1, 0.15) is 297 Å². The van der Waals surface area contributed by atoms with Gasteiger partial charge in [-0.15, -0.1) is 0 Å². The summed E-state index contributed by atoms with van der Waals surface area (Å²) < 4.78 is 16.9. The highest BCUT2D eigenvalue weighted by Crippen LogP contribution is 2.16. The maximum atomic E-state index is 12.9. The number of allylic oxidation sites excluding steroid dienone is 16. The minimum atomic E-state index is -0.804. The van der Waals surface area contributed by atoms with Crippen molar-refractivity contribution in [3.63, 3.8) is 0 Å². The number of rotatable bonds is 56. The molecule has 6 nitrogen and oxygen atoms in total. The number of carbonyl (C=O) groups excluding carboxylic acids is 3. The van der Waals surface area contributed by atoms with Crippen molar-refractivity contribution in [2.45, 2.75) is 303 Å². The van der Waals surface area contributed by atoms with Gasteiger partial charge in [0.2, 0.25) is 0 Å². The quantitative estimate of drug-likeness (QED) is 0.0261. The molecule has 424 valence electrons. The van der Waals surface area contributed by atoms with E-state index < -0.39 is 6.10 Å². The van der Waals surface area contributed by atoms with E-state index in [1.165, 1.54) is 154 Å². The molecule has 0 N–H and O–H groups in total. The summed E-state index contributed by atoms with van der Waals surface area (Å²) in [4.78, 5) is 38.3. The van der Waals surface area contributed by atoms with E-state index in [4.69, 9.17) is 14.2 Å². The predicted molar refractivity (Wildman–Crippen MR) is 320 cm³/mol. The van der Waals surface area contributed by atoms with Crippen LogP contribution < -0.4 is 0 Å². The number of hydrogen-bond acceptors (Lipinski definition) is 6. The predicted octanol–water partition coefficient (Wildman–Crippen LogP) is 21.3. The van der Waals surface area contributed by atoms with Crippen molar-refractivity contribution >= 4 is 17.9 Å². The zero-order valence-electron chi connectivity index (χ0n) is 48.6. The SMILES string of the molecule is CC/C=C\C/C=C\C/C=C\C/C=C\C/C=C\C/C=C\C/C=C\CCCC(=O)OCC(COC(=O)CCCCCCC/C=C\CCCCCCCC)OC(=O)CCCCCCCCCCCCCCCCCCCC. The molecule has 1 unspecified atom stereocenters. The molecule has 0 fully saturated rings. The molecular formula is C68H116O6. The topological polar surface area (TPSA) is 78.9 Å². The molecule has 0 saturated carbocycles. The van der Waals surface area contributed by atoms with Gasteiger partial charge in [-0.1, -0.05) is 279 Å². The van der Waals surface area contributed by atoms with Crippen molar-refractivity contribution in [3.8, 4) is 0 Å². The molecule has 1 atom stereocenters. The fraction of sp³-hybridized carbons (Fsp3) is 0.721. The number of ether oxygens (including phenoxy) is 3. The Morgan fingerprint density at radius 2 is 0.541 bits per heavy atom. The molecule has 0 spiro atoms. The van der Waals surface area contributed by atoms with Crippen LogP contribution in [0.2, 0.25) is 0 Å². The Labute approximate surface area is 457 Å². The lowest BCUT2D eigenvalue weighted by atomic mass is 10.0. The molecule has 0 aromatic heterocycles. The lowest BCUT2D eigenvalue weighted by molar-refractivity contribution is -0.167. The minimum Gasteiger partial charge on any atom is -0.462 e. The molecule has 74 heavy (non-hydrogen) atoms. The Morgan fingerprint density at radius 1 is 0.284 bits per heavy atom. The third-order valence-electron chi connectivity index (χ3n) is 13.3. The molecular weight excluding hydrogens is 913 g/mol. The number of unbranched alkanes of at least 4 members (excludes halogenated alkanes) is 29. The van der Waals surface area contributed by atoms with Gasteiger partial charge in [-0.05, 0) is 96.3 Å². The smallest absolute Gasteiger partial charge is 0.306 e. The highest BCUT2D eigenvalue weighted by Gasteiger charge is 2.19. The van der Waals surface area contributed by atoms with Gasteiger partial charge in [0.1, 0.15) is 13.2 Å². The Bertz CT molecular complexity index is 1460. The van der Waals surface area contributed by atoms with Gasteiger partial charge in [0.25, 0.3) is 0 Å². The van der Waals surface area contributed by atoms with Crippen molar-refractivity contribution in [3.05, 3.63) is 97.2 Å². The van der Waals surface area contributed by atoms with E-state index in [1.807, 2.05) is 0 Å². The van der Waals surface area contributed by atoms with E-state index in [9.17, 15) is 14.4 Å². The summed E-state index contributed by atoms with van der Waals surface area (Å²) in [5.41, 5.74) is 0. The Morgan fingerprint density at radius 3 is 0.892 bits per heavy atom. The first-order valence-corrected chi connectivity index (χ1v) is 31.2. The summed E-state index contributed by atoms with van der Waals surface area (Å²) >= 11 is 0. The van der Waals surface area contributed by atoms with Crippen LogP contribution in [0, 0.1) is 0 Å². The summed E-state index contributed by atoms with van der Waals surface area (Å²) in [6, 6.07) is 0. The number of carbonyl (C=O) groups is 3. The monoisotopic (exact) mass is 1030 g/mol. The second-order valence-corrected chi connectivity index (χ2v) is 20.6. The molecule has 0 aliphatic rings. The highest BCUT2D eigenvalue weighted by molar-refractivity contribution is 5.71. The Kier molecular flexibility index (Phi) is 58.8. The maximum Gasteiger partial charge on any atom is 0.306 e. The van der Waals surface area contributed by atoms with Crippen LogP contribution in [-0.4, -0.2) is 37.2 Å². The van der Waals surface area contributed by atoms with Crippen molar-refractivity contribution in [2.24, 2.45) is 0 Å². The first-order chi connectivity index (χ1) is 36.5. The minimum absolute atomic E-state index is 0.0978. The first kappa shape index (κ1) is 70.3. The van der Waals surface area contributed by atoms with Crippen molar-refractivity contribution in [2.75, 3.05) is 13.2 Å². The average molecular weight is 1030 g/mol. The fourth-order valence-corrected chi connectivity index (χ4v) is 8.66. The van der Waals surface area contributed by atoms with Gasteiger partial charge in [-0.25, -0.2) is 0 Å². The van der Waals surface area contributed by atoms with Crippen LogP contribution in [-0.2, 0) is 28.6 Å². The highest BCUT2D eigenvalue weighted by atomic mass is 16.6. The van der Waals surface area contributed by atoms with Crippen molar-refractivity contribution in [1.29, 1.82) is 0 Å². The summed E-state index contributed by atoms with van der Waals surface area (Å²) in [6.07, 6.45) is 82.7. The van der Waals surface area contributed by atoms with Gasteiger partial charge in [0.15, 0.2) is 6.10 Å². The Hall–Kier alpha value is -3.67. The molecule has 0 aliphatic heterocycles. The summed E-state index contributed by atoms with van der Waals surface area (Å²) in [6.45, 7) is 6.49. The van der Waals surface area contributed by atoms with Crippen LogP contribution in [0.3, 0.4) is 0 Å². The average Bonchev–Trinajstić information content (AvgIpc) is 3.40. The largest absolute Gasteiger partial charge is 0.462 e. The summed E-state index contributed by atoms with van der Waals surface area (Å²) in [5, 5.41) is 0. The van der Waals surface area contributed by atoms with Gasteiger partial charge in [-0.2, -0.15) is 0 Å². The van der Waals surface area contributed by atoms with Crippen LogP contribution in [0.25, 0.3) is 0 Å². The molecule has 0 heterocycles. The normalized spacial score (nSPS) is 12.7. The molecule has 0 saturated heterocycles. The third-order valence-corrected chi connectivity index (χ3v) is 13.3. The molecule has 0 amide bonds. The van der Waals surface area contributed by atoms with Gasteiger partial charge < -0.3 is 14.2 Å². The van der Waals surface area contributed by atoms with Crippen LogP contribution in [0.4, 0.5) is 0 Å². The zero-order chi connectivity index (χ0) is 53.6. The lowest BCUT2D eigenvalue weighted by Gasteiger charge is -2.18. The zero-order valence-corrected chi connectivity index (χ0v) is 48.6. The molecule has 0 aromatic carbocycles. The summed E-state index contributed by atoms with van der Waals surface area (Å²) in [5.74, 6) is -0.957. The fourth-order valence-electron chi connectivity index (χ4n) is 8.66. The van der Waals surface area contributed by atoms with E-state index in [-0.39, 0.29) is 37.5 Å². The lowest BCUT2D eigenvalue weighted by Crippen LogP contribution is -2.30. The molecule has 0 aliphatic carbocycles. The van der Waals surface area contributed by atoms with E-state index in [0.717, 1.165) is 96.3 Å². The van der Waals surface area contributed by atoms with Crippen LogP contribution in [0.15, 0.2) is 97.2 Å². The molecule has 0 bridgehead atoms. The second-order valence-electron chi connectivity index (χ2n) is 20.6. The van der Waals surface area contributed by atoms with Crippen molar-refractivity contribution < 1.29 is 28.6 Å². The number of esters is 3. The van der Waals surface area contributed by atoms with Gasteiger partial charge in [0.05, 0.1) is 0 Å². The maximum absolute atomic E-state index is 12.9. The van der Waals surface area contributed by atoms with Gasteiger partial charge in [-0.3, -0.25) is 14.4 Å². The van der Waals surface area contributed by atoms with Crippen LogP contribution >= 0.6 is 0 Å². The molecule has 0 rings (SSSR count). The number of hydrogen-bond donors (Lipinski definition) is 0. The second kappa shape index (κ2) is 61.9. The standard InChI is InChI=1S/C68H116O6/c1-4-7-10-13-16-19-22-25-28-30-32-33-34-35-36-38-40-43-46-49-52-55-58-61-67(70)73-64-65(63-72-66(69)60-57-54-51-48-45-42-39-27-24-21-18-15-12-9-6-3)74-68(71)62-59-56-53-50-47-44-41-37-31-29-26-23-20-17-14-11-8-5-2/h7,10,16,19,25,27-28,32-33,35-36,39-40,43,49,52,65H,4-6,8-9,11-15,17-18,20-24,26,29-31,34,37-38,41-42,44-48,50-51,53-64H2,1-3H3/b10-7-,19-16-,28-25-,33-32-,36-35-,39-27-,43-40-,52-49-. The van der Waals surface area contributed by atoms with E-state index >= 15 is 0 Å². The Balaban J connectivity index is 4.47. The first-order valence-electron chi connectivity index (χ1n) is 31.2. The van der Waals surface area contributed by atoms with Gasteiger partial charge in [0, 0.05) is 19.3 Å². The molecule has 0 radical (unpaired) electrons. The van der Waals surface area contributed by atoms with Crippen molar-refractivity contribution in [1.82, 2.24) is 0 Å². The van der Waals surface area contributed by atoms with E-state index in [1.54, 1.807) is 0 Å². The van der Waals surface area contributed by atoms with Crippen LogP contribution in [0.5, 0.6) is 0 Å². The van der Waals surface area contributed by atoms with E-state index in [0.29, 0.717) is 19.3 Å². The third kappa shape index (κ3) is 59.2. The molecule has 0 aromatic rings. The molecule has 6 heteroatoms. The van der Waals surface area contributed by atoms with Gasteiger partial charge >= 0.3 is 17.9 Å².